The smallest absolute Gasteiger partial charge is 0.273 e. The van der Waals surface area contributed by atoms with Gasteiger partial charge in [0.25, 0.3) is 5.91 Å². The number of hydrogen-bond acceptors (Lipinski definition) is 5. The Morgan fingerprint density at radius 1 is 1.31 bits per heavy atom. The van der Waals surface area contributed by atoms with Crippen LogP contribution in [0.3, 0.4) is 0 Å². The first-order valence-electron chi connectivity index (χ1n) is 9.22. The minimum Gasteiger partial charge on any atom is -0.385 e. The van der Waals surface area contributed by atoms with Gasteiger partial charge < -0.3 is 10.0 Å². The summed E-state index contributed by atoms with van der Waals surface area (Å²) in [5.74, 6) is 0.114. The highest BCUT2D eigenvalue weighted by molar-refractivity contribution is 8.00. The maximum absolute atomic E-state index is 13.1. The van der Waals surface area contributed by atoms with Crippen LogP contribution in [0.2, 0.25) is 0 Å². The predicted molar refractivity (Wildman–Crippen MR) is 106 cm³/mol. The first-order valence-corrected chi connectivity index (χ1v) is 11.3. The van der Waals surface area contributed by atoms with E-state index in [1.54, 1.807) is 11.8 Å². The lowest BCUT2D eigenvalue weighted by Crippen LogP contribution is -2.59. The van der Waals surface area contributed by atoms with E-state index in [-0.39, 0.29) is 17.9 Å². The molecule has 26 heavy (non-hydrogen) atoms. The number of aliphatic hydroxyl groups is 1. The standard InChI is InChI=1S/C20H24N2O2S2/c1-25-19-21-16(13-26-19)18(23)22-12-11-20(24,14-7-3-2-4-8-14)15-9-5-6-10-17(15)22/h2-4,7-8,13,15,17,24H,5-6,9-12H2,1H3/t15-,17+,20?/m1/s1. The third kappa shape index (κ3) is 3.08. The third-order valence-electron chi connectivity index (χ3n) is 5.89. The number of hydrogen-bond donors (Lipinski definition) is 1. The number of likely N-dealkylation sites (tertiary alicyclic amines) is 1. The Bertz CT molecular complexity index is 779. The van der Waals surface area contributed by atoms with Crippen molar-refractivity contribution in [2.24, 2.45) is 5.92 Å². The van der Waals surface area contributed by atoms with Gasteiger partial charge in [-0.05, 0) is 31.1 Å². The van der Waals surface area contributed by atoms with Crippen LogP contribution in [0.4, 0.5) is 0 Å². The number of nitrogens with zero attached hydrogens (tertiary/aromatic N) is 2. The molecule has 1 aromatic heterocycles. The number of benzene rings is 1. The molecule has 1 amide bonds. The zero-order valence-electron chi connectivity index (χ0n) is 14.9. The molecule has 1 aromatic carbocycles. The summed E-state index contributed by atoms with van der Waals surface area (Å²) in [4.78, 5) is 19.6. The number of thioether (sulfide) groups is 1. The normalized spacial score (nSPS) is 28.6. The summed E-state index contributed by atoms with van der Waals surface area (Å²) in [6.45, 7) is 0.581. The number of fused-ring (bicyclic) bond motifs is 1. The Labute approximate surface area is 162 Å². The molecular formula is C20H24N2O2S2. The Kier molecular flexibility index (Phi) is 5.08. The minimum atomic E-state index is -0.838. The van der Waals surface area contributed by atoms with E-state index in [1.165, 1.54) is 11.3 Å². The highest BCUT2D eigenvalue weighted by atomic mass is 32.2. The van der Waals surface area contributed by atoms with Crippen molar-refractivity contribution in [2.75, 3.05) is 12.8 Å². The Hall–Kier alpha value is -1.37. The van der Waals surface area contributed by atoms with E-state index in [9.17, 15) is 9.90 Å². The third-order valence-corrected chi connectivity index (χ3v) is 7.75. The van der Waals surface area contributed by atoms with E-state index >= 15 is 0 Å². The second-order valence-electron chi connectivity index (χ2n) is 7.20. The molecule has 1 aliphatic heterocycles. The number of amides is 1. The van der Waals surface area contributed by atoms with Crippen LogP contribution in [0.1, 0.15) is 48.2 Å². The number of thiazole rings is 1. The minimum absolute atomic E-state index is 0.0218. The maximum Gasteiger partial charge on any atom is 0.273 e. The van der Waals surface area contributed by atoms with Crippen LogP contribution in [0, 0.1) is 5.92 Å². The molecule has 4 nitrogen and oxygen atoms in total. The summed E-state index contributed by atoms with van der Waals surface area (Å²) >= 11 is 3.09. The van der Waals surface area contributed by atoms with Crippen molar-refractivity contribution in [2.45, 2.75) is 48.1 Å². The quantitative estimate of drug-likeness (QED) is 0.802. The topological polar surface area (TPSA) is 53.4 Å². The lowest BCUT2D eigenvalue weighted by Gasteiger charge is -2.52. The van der Waals surface area contributed by atoms with Crippen molar-refractivity contribution < 1.29 is 9.90 Å². The average molecular weight is 389 g/mol. The van der Waals surface area contributed by atoms with Gasteiger partial charge in [-0.2, -0.15) is 0 Å². The molecular weight excluding hydrogens is 364 g/mol. The number of rotatable bonds is 3. The lowest BCUT2D eigenvalue weighted by molar-refractivity contribution is -0.110. The maximum atomic E-state index is 13.1. The highest BCUT2D eigenvalue weighted by Crippen LogP contribution is 2.47. The average Bonchev–Trinajstić information content (AvgIpc) is 3.18. The molecule has 1 unspecified atom stereocenters. The predicted octanol–water partition coefficient (Wildman–Crippen LogP) is 4.16. The molecule has 2 aliphatic rings. The van der Waals surface area contributed by atoms with Crippen LogP contribution in [0.5, 0.6) is 0 Å². The number of carbonyl (C=O) groups excluding carboxylic acids is 1. The summed E-state index contributed by atoms with van der Waals surface area (Å²) in [5, 5.41) is 13.5. The van der Waals surface area contributed by atoms with Crippen LogP contribution in [-0.4, -0.2) is 39.7 Å². The van der Waals surface area contributed by atoms with Gasteiger partial charge in [0.15, 0.2) is 0 Å². The van der Waals surface area contributed by atoms with E-state index in [1.807, 2.05) is 46.9 Å². The van der Waals surface area contributed by atoms with Crippen molar-refractivity contribution in [3.8, 4) is 0 Å². The van der Waals surface area contributed by atoms with Gasteiger partial charge >= 0.3 is 0 Å². The van der Waals surface area contributed by atoms with Crippen LogP contribution in [-0.2, 0) is 5.60 Å². The largest absolute Gasteiger partial charge is 0.385 e. The van der Waals surface area contributed by atoms with Crippen molar-refractivity contribution in [3.05, 3.63) is 47.0 Å². The zero-order chi connectivity index (χ0) is 18.1. The Morgan fingerprint density at radius 3 is 2.81 bits per heavy atom. The number of piperidine rings is 1. The van der Waals surface area contributed by atoms with E-state index in [4.69, 9.17) is 0 Å². The van der Waals surface area contributed by atoms with Gasteiger partial charge in [0.05, 0.1) is 5.60 Å². The van der Waals surface area contributed by atoms with Crippen molar-refractivity contribution in [1.29, 1.82) is 0 Å². The second-order valence-corrected chi connectivity index (χ2v) is 9.11. The summed E-state index contributed by atoms with van der Waals surface area (Å²) in [6.07, 6.45) is 6.72. The molecule has 138 valence electrons. The van der Waals surface area contributed by atoms with Crippen molar-refractivity contribution >= 4 is 29.0 Å². The number of aromatic nitrogens is 1. The molecule has 0 spiro atoms. The van der Waals surface area contributed by atoms with E-state index < -0.39 is 5.60 Å². The van der Waals surface area contributed by atoms with Crippen LogP contribution < -0.4 is 0 Å². The molecule has 1 aliphatic carbocycles. The number of carbonyl (C=O) groups is 1. The molecule has 1 N–H and O–H groups in total. The van der Waals surface area contributed by atoms with Gasteiger partial charge in [-0.1, -0.05) is 54.9 Å². The Balaban J connectivity index is 1.63. The van der Waals surface area contributed by atoms with Crippen LogP contribution in [0.15, 0.2) is 40.1 Å². The molecule has 0 radical (unpaired) electrons. The second kappa shape index (κ2) is 7.33. The fraction of sp³-hybridized carbons (Fsp3) is 0.500. The summed E-state index contributed by atoms with van der Waals surface area (Å²) in [6, 6.07) is 10.1. The van der Waals surface area contributed by atoms with Gasteiger partial charge in [0, 0.05) is 23.9 Å². The molecule has 1 saturated heterocycles. The molecule has 3 atom stereocenters. The van der Waals surface area contributed by atoms with Gasteiger partial charge in [-0.15, -0.1) is 11.3 Å². The molecule has 0 bridgehead atoms. The van der Waals surface area contributed by atoms with E-state index in [2.05, 4.69) is 4.98 Å². The molecule has 2 heterocycles. The van der Waals surface area contributed by atoms with Crippen LogP contribution >= 0.6 is 23.1 Å². The highest BCUT2D eigenvalue weighted by Gasteiger charge is 2.50. The molecule has 2 fully saturated rings. The van der Waals surface area contributed by atoms with Gasteiger partial charge in [-0.3, -0.25) is 4.79 Å². The van der Waals surface area contributed by atoms with E-state index in [0.29, 0.717) is 18.7 Å². The van der Waals surface area contributed by atoms with Gasteiger partial charge in [-0.25, -0.2) is 4.98 Å². The molecule has 2 aromatic rings. The zero-order valence-corrected chi connectivity index (χ0v) is 16.6. The SMILES string of the molecule is CSc1nc(C(=O)N2CCC(O)(c3ccccc3)[C@@H]3CCCC[C@@H]32)cs1. The van der Waals surface area contributed by atoms with Gasteiger partial charge in [0.2, 0.25) is 0 Å². The summed E-state index contributed by atoms with van der Waals surface area (Å²) in [5.41, 5.74) is 0.700. The summed E-state index contributed by atoms with van der Waals surface area (Å²) in [7, 11) is 0. The Morgan fingerprint density at radius 2 is 2.08 bits per heavy atom. The van der Waals surface area contributed by atoms with Crippen LogP contribution in [0.25, 0.3) is 0 Å². The molecule has 6 heteroatoms. The summed E-state index contributed by atoms with van der Waals surface area (Å²) < 4.78 is 0.923. The van der Waals surface area contributed by atoms with Gasteiger partial charge in [0.1, 0.15) is 10.0 Å². The first-order chi connectivity index (χ1) is 12.6. The molecule has 1 saturated carbocycles. The van der Waals surface area contributed by atoms with Crippen molar-refractivity contribution in [1.82, 2.24) is 9.88 Å². The molecule has 4 rings (SSSR count). The van der Waals surface area contributed by atoms with Crippen molar-refractivity contribution in [3.63, 3.8) is 0 Å². The lowest BCUT2D eigenvalue weighted by atomic mass is 9.66. The first kappa shape index (κ1) is 18.0. The fourth-order valence-electron chi connectivity index (χ4n) is 4.62. The van der Waals surface area contributed by atoms with E-state index in [0.717, 1.165) is 35.6 Å². The monoisotopic (exact) mass is 388 g/mol. The fourth-order valence-corrected chi connectivity index (χ4v) is 5.85.